The van der Waals surface area contributed by atoms with Crippen molar-refractivity contribution in [2.24, 2.45) is 0 Å². The van der Waals surface area contributed by atoms with Gasteiger partial charge in [-0.1, -0.05) is 66.7 Å². The van der Waals surface area contributed by atoms with Gasteiger partial charge in [-0.2, -0.15) is 0 Å². The van der Waals surface area contributed by atoms with E-state index >= 15 is 0 Å². The van der Waals surface area contributed by atoms with Crippen molar-refractivity contribution < 1.29 is 24.1 Å². The van der Waals surface area contributed by atoms with Crippen LogP contribution in [0.2, 0.25) is 0 Å². The van der Waals surface area contributed by atoms with Gasteiger partial charge in [0.1, 0.15) is 22.0 Å². The van der Waals surface area contributed by atoms with Gasteiger partial charge in [0.15, 0.2) is 12.6 Å². The van der Waals surface area contributed by atoms with Crippen LogP contribution in [0.15, 0.2) is 79.0 Å². The summed E-state index contributed by atoms with van der Waals surface area (Å²) in [7, 11) is 0. The van der Waals surface area contributed by atoms with Crippen LogP contribution < -0.4 is 0 Å². The van der Waals surface area contributed by atoms with Crippen molar-refractivity contribution in [3.63, 3.8) is 0 Å². The lowest BCUT2D eigenvalue weighted by Crippen LogP contribution is -2.59. The Morgan fingerprint density at radius 1 is 0.719 bits per heavy atom. The van der Waals surface area contributed by atoms with Crippen LogP contribution >= 0.6 is 22.6 Å². The Labute approximate surface area is 200 Å². The van der Waals surface area contributed by atoms with Crippen LogP contribution in [0.4, 0.5) is 0 Å². The standard InChI is InChI=1S/C25H24INO5/c26-23-18(12-7-13-27-23)14-19-21-22(32-24(29-19)16-8-3-1-4-9-16)20(15-28)30-25(31-21)17-10-5-2-6-11-17/h1-13,19-22,24-25,28H,14-15H2. The zero-order valence-electron chi connectivity index (χ0n) is 17.3. The number of aromatic nitrogens is 1. The van der Waals surface area contributed by atoms with Crippen molar-refractivity contribution >= 4 is 22.6 Å². The number of aliphatic hydroxyl groups is 1. The van der Waals surface area contributed by atoms with Crippen molar-refractivity contribution in [3.8, 4) is 0 Å². The molecular weight excluding hydrogens is 521 g/mol. The molecule has 6 atom stereocenters. The molecule has 2 aromatic carbocycles. The highest BCUT2D eigenvalue weighted by molar-refractivity contribution is 14.1. The van der Waals surface area contributed by atoms with Crippen LogP contribution in [0.1, 0.15) is 29.3 Å². The van der Waals surface area contributed by atoms with Crippen LogP contribution in [0.3, 0.4) is 0 Å². The lowest BCUT2D eigenvalue weighted by molar-refractivity contribution is -0.384. The van der Waals surface area contributed by atoms with Gasteiger partial charge in [-0.05, 0) is 34.2 Å². The lowest BCUT2D eigenvalue weighted by Gasteiger charge is -2.49. The van der Waals surface area contributed by atoms with Gasteiger partial charge in [0.05, 0.1) is 12.7 Å². The maximum Gasteiger partial charge on any atom is 0.184 e. The van der Waals surface area contributed by atoms with Crippen LogP contribution in [-0.2, 0) is 25.4 Å². The zero-order valence-corrected chi connectivity index (χ0v) is 19.4. The highest BCUT2D eigenvalue weighted by Crippen LogP contribution is 2.41. The molecule has 1 aromatic heterocycles. The van der Waals surface area contributed by atoms with Crippen LogP contribution in [0, 0.1) is 3.70 Å². The molecule has 2 aliphatic heterocycles. The zero-order chi connectivity index (χ0) is 21.9. The van der Waals surface area contributed by atoms with E-state index < -0.39 is 30.9 Å². The Morgan fingerprint density at radius 3 is 1.84 bits per heavy atom. The first-order chi connectivity index (χ1) is 15.7. The summed E-state index contributed by atoms with van der Waals surface area (Å²) < 4.78 is 26.2. The molecule has 0 saturated carbocycles. The molecule has 3 aromatic rings. The summed E-state index contributed by atoms with van der Waals surface area (Å²) in [6, 6.07) is 23.5. The van der Waals surface area contributed by atoms with Gasteiger partial charge in [-0.3, -0.25) is 4.98 Å². The summed E-state index contributed by atoms with van der Waals surface area (Å²) in [5.74, 6) is 0. The number of nitrogens with zero attached hydrogens (tertiary/aromatic N) is 1. The van der Waals surface area contributed by atoms with E-state index in [-0.39, 0.29) is 12.7 Å². The first-order valence-corrected chi connectivity index (χ1v) is 11.7. The predicted molar refractivity (Wildman–Crippen MR) is 126 cm³/mol. The van der Waals surface area contributed by atoms with E-state index in [9.17, 15) is 5.11 Å². The van der Waals surface area contributed by atoms with Crippen molar-refractivity contribution in [2.75, 3.05) is 6.61 Å². The monoisotopic (exact) mass is 545 g/mol. The molecule has 3 heterocycles. The molecule has 2 saturated heterocycles. The maximum absolute atomic E-state index is 10.2. The molecule has 0 amide bonds. The molecule has 0 aliphatic carbocycles. The van der Waals surface area contributed by atoms with E-state index in [2.05, 4.69) is 33.6 Å². The average Bonchev–Trinajstić information content (AvgIpc) is 2.86. The first-order valence-electron chi connectivity index (χ1n) is 10.6. The number of halogens is 1. The summed E-state index contributed by atoms with van der Waals surface area (Å²) in [6.45, 7) is -0.174. The molecule has 6 unspecified atom stereocenters. The number of aliphatic hydroxyl groups excluding tert-OH is 1. The fourth-order valence-corrected chi connectivity index (χ4v) is 4.77. The van der Waals surface area contributed by atoms with Gasteiger partial charge in [-0.15, -0.1) is 0 Å². The quantitative estimate of drug-likeness (QED) is 0.383. The third kappa shape index (κ3) is 4.59. The fourth-order valence-electron chi connectivity index (χ4n) is 4.21. The smallest absolute Gasteiger partial charge is 0.184 e. The van der Waals surface area contributed by atoms with Gasteiger partial charge < -0.3 is 24.1 Å². The Kier molecular flexibility index (Phi) is 6.82. The average molecular weight is 545 g/mol. The minimum absolute atomic E-state index is 0.174. The molecule has 6 nitrogen and oxygen atoms in total. The molecule has 0 radical (unpaired) electrons. The summed E-state index contributed by atoms with van der Waals surface area (Å²) >= 11 is 2.24. The largest absolute Gasteiger partial charge is 0.394 e. The SMILES string of the molecule is OCC1OC(c2ccccc2)OC2C(Cc3cccnc3I)OC(c3ccccc3)OC12. The van der Waals surface area contributed by atoms with Gasteiger partial charge in [0, 0.05) is 23.7 Å². The van der Waals surface area contributed by atoms with Gasteiger partial charge in [0.25, 0.3) is 0 Å². The molecule has 7 heteroatoms. The molecule has 5 rings (SSSR count). The topological polar surface area (TPSA) is 70.0 Å². The molecular formula is C25H24INO5. The Morgan fingerprint density at radius 2 is 1.28 bits per heavy atom. The molecule has 1 N–H and O–H groups in total. The second kappa shape index (κ2) is 9.94. The molecule has 2 aliphatic rings. The predicted octanol–water partition coefficient (Wildman–Crippen LogP) is 4.19. The third-order valence-corrected chi connectivity index (χ3v) is 6.77. The van der Waals surface area contributed by atoms with Crippen molar-refractivity contribution in [1.29, 1.82) is 0 Å². The number of hydrogen-bond donors (Lipinski definition) is 1. The minimum atomic E-state index is -0.606. The molecule has 166 valence electrons. The maximum atomic E-state index is 10.2. The normalized spacial score (nSPS) is 29.9. The van der Waals surface area contributed by atoms with Gasteiger partial charge in [-0.25, -0.2) is 0 Å². The number of ether oxygens (including phenoxy) is 4. The second-order valence-electron chi connectivity index (χ2n) is 7.88. The summed E-state index contributed by atoms with van der Waals surface area (Å²) in [5.41, 5.74) is 2.89. The highest BCUT2D eigenvalue weighted by atomic mass is 127. The first kappa shape index (κ1) is 21.9. The van der Waals surface area contributed by atoms with Crippen LogP contribution in [0.5, 0.6) is 0 Å². The number of pyridine rings is 1. The molecule has 32 heavy (non-hydrogen) atoms. The number of fused-ring (bicyclic) bond motifs is 1. The van der Waals surface area contributed by atoms with Gasteiger partial charge in [0.2, 0.25) is 0 Å². The van der Waals surface area contributed by atoms with E-state index in [1.807, 2.05) is 66.7 Å². The summed E-state index contributed by atoms with van der Waals surface area (Å²) in [6.07, 6.45) is -0.522. The van der Waals surface area contributed by atoms with E-state index in [1.165, 1.54) is 0 Å². The lowest BCUT2D eigenvalue weighted by atomic mass is 9.94. The number of benzene rings is 2. The Bertz CT molecular complexity index is 1020. The van der Waals surface area contributed by atoms with Crippen molar-refractivity contribution in [2.45, 2.75) is 43.4 Å². The second-order valence-corrected chi connectivity index (χ2v) is 8.90. The van der Waals surface area contributed by atoms with E-state index in [0.29, 0.717) is 6.42 Å². The highest BCUT2D eigenvalue weighted by Gasteiger charge is 2.50. The van der Waals surface area contributed by atoms with Crippen LogP contribution in [0.25, 0.3) is 0 Å². The van der Waals surface area contributed by atoms with Gasteiger partial charge >= 0.3 is 0 Å². The van der Waals surface area contributed by atoms with E-state index in [0.717, 1.165) is 20.4 Å². The summed E-state index contributed by atoms with van der Waals surface area (Å²) in [4.78, 5) is 4.41. The summed E-state index contributed by atoms with van der Waals surface area (Å²) in [5, 5.41) is 10.2. The van der Waals surface area contributed by atoms with Crippen LogP contribution in [-0.4, -0.2) is 41.1 Å². The van der Waals surface area contributed by atoms with Crippen molar-refractivity contribution in [1.82, 2.24) is 4.98 Å². The Balaban J connectivity index is 1.48. The third-order valence-electron chi connectivity index (χ3n) is 5.80. The number of rotatable bonds is 5. The Hall–Kier alpha value is -1.88. The number of hydrogen-bond acceptors (Lipinski definition) is 6. The molecule has 0 spiro atoms. The van der Waals surface area contributed by atoms with Crippen molar-refractivity contribution in [3.05, 3.63) is 99.4 Å². The fraction of sp³-hybridized carbons (Fsp3) is 0.320. The molecule has 0 bridgehead atoms. The van der Waals surface area contributed by atoms with E-state index in [4.69, 9.17) is 18.9 Å². The van der Waals surface area contributed by atoms with E-state index in [1.54, 1.807) is 6.20 Å². The minimum Gasteiger partial charge on any atom is -0.394 e. The molecule has 2 fully saturated rings.